The number of ether oxygens (including phenoxy) is 1. The number of hydrogen-bond donors (Lipinski definition) is 1. The lowest BCUT2D eigenvalue weighted by Crippen LogP contribution is -2.06. The number of carbonyl (C=O) groups excluding carboxylic acids is 1. The summed E-state index contributed by atoms with van der Waals surface area (Å²) in [7, 11) is 0. The van der Waals surface area contributed by atoms with Crippen molar-refractivity contribution in [1.82, 2.24) is 0 Å². The number of nitrogens with two attached hydrogens (primary N) is 1. The van der Waals surface area contributed by atoms with Crippen LogP contribution in [0.4, 0.5) is 10.1 Å². The minimum atomic E-state index is -0.529. The molecule has 6 heteroatoms. The predicted molar refractivity (Wildman–Crippen MR) is 79.1 cm³/mol. The van der Waals surface area contributed by atoms with E-state index in [9.17, 15) is 9.18 Å². The second kappa shape index (κ2) is 6.24. The standard InChI is InChI=1S/C14H10BrClFNO2/c15-10-3-9(4-12(18)5-10)14(19)20-7-8-1-2-11(17)6-13(8)16/h1-6H,7,18H2. The number of rotatable bonds is 3. The Morgan fingerprint density at radius 3 is 2.70 bits per heavy atom. The maximum Gasteiger partial charge on any atom is 0.338 e. The molecule has 0 amide bonds. The van der Waals surface area contributed by atoms with Crippen LogP contribution in [0.3, 0.4) is 0 Å². The number of benzene rings is 2. The molecular weight excluding hydrogens is 349 g/mol. The van der Waals surface area contributed by atoms with E-state index in [-0.39, 0.29) is 11.6 Å². The molecule has 2 rings (SSSR count). The highest BCUT2D eigenvalue weighted by Crippen LogP contribution is 2.20. The molecule has 0 aliphatic rings. The van der Waals surface area contributed by atoms with E-state index in [0.717, 1.165) is 0 Å². The third-order valence-electron chi connectivity index (χ3n) is 2.53. The van der Waals surface area contributed by atoms with Crippen LogP contribution in [0.5, 0.6) is 0 Å². The van der Waals surface area contributed by atoms with E-state index in [1.165, 1.54) is 24.3 Å². The van der Waals surface area contributed by atoms with Crippen molar-refractivity contribution in [3.63, 3.8) is 0 Å². The van der Waals surface area contributed by atoms with Gasteiger partial charge in [-0.1, -0.05) is 33.6 Å². The van der Waals surface area contributed by atoms with E-state index in [2.05, 4.69) is 15.9 Å². The van der Waals surface area contributed by atoms with Crippen LogP contribution in [0.25, 0.3) is 0 Å². The molecule has 0 aromatic heterocycles. The zero-order valence-corrected chi connectivity index (χ0v) is 12.5. The first-order valence-corrected chi connectivity index (χ1v) is 6.80. The molecule has 0 aliphatic carbocycles. The Balaban J connectivity index is 2.08. The van der Waals surface area contributed by atoms with Gasteiger partial charge in [0.05, 0.1) is 10.6 Å². The quantitative estimate of drug-likeness (QED) is 0.661. The van der Waals surface area contributed by atoms with E-state index in [0.29, 0.717) is 21.3 Å². The van der Waals surface area contributed by atoms with Gasteiger partial charge in [-0.3, -0.25) is 0 Å². The topological polar surface area (TPSA) is 52.3 Å². The molecule has 0 unspecified atom stereocenters. The second-order valence-electron chi connectivity index (χ2n) is 4.09. The molecule has 0 aliphatic heterocycles. The van der Waals surface area contributed by atoms with Gasteiger partial charge in [-0.05, 0) is 30.3 Å². The molecule has 3 nitrogen and oxygen atoms in total. The lowest BCUT2D eigenvalue weighted by Gasteiger charge is -2.07. The number of halogens is 3. The highest BCUT2D eigenvalue weighted by Gasteiger charge is 2.10. The third-order valence-corrected chi connectivity index (χ3v) is 3.34. The van der Waals surface area contributed by atoms with Gasteiger partial charge in [0.15, 0.2) is 0 Å². The van der Waals surface area contributed by atoms with E-state index in [4.69, 9.17) is 22.1 Å². The normalized spacial score (nSPS) is 10.3. The molecule has 0 atom stereocenters. The zero-order chi connectivity index (χ0) is 14.7. The molecule has 2 aromatic carbocycles. The molecule has 0 saturated heterocycles. The van der Waals surface area contributed by atoms with E-state index >= 15 is 0 Å². The third kappa shape index (κ3) is 3.71. The molecule has 0 spiro atoms. The Hall–Kier alpha value is -1.59. The number of esters is 1. The predicted octanol–water partition coefficient (Wildman–Crippen LogP) is 4.18. The maximum absolute atomic E-state index is 12.9. The minimum absolute atomic E-state index is 0.0373. The lowest BCUT2D eigenvalue weighted by atomic mass is 10.2. The van der Waals surface area contributed by atoms with Gasteiger partial charge in [0.25, 0.3) is 0 Å². The first kappa shape index (κ1) is 14.8. The molecular formula is C14H10BrClFNO2. The minimum Gasteiger partial charge on any atom is -0.457 e. The van der Waals surface area contributed by atoms with Crippen molar-refractivity contribution in [2.24, 2.45) is 0 Å². The van der Waals surface area contributed by atoms with Crippen molar-refractivity contribution in [2.75, 3.05) is 5.73 Å². The Morgan fingerprint density at radius 2 is 2.05 bits per heavy atom. The first-order chi connectivity index (χ1) is 9.45. The fourth-order valence-electron chi connectivity index (χ4n) is 1.60. The van der Waals surface area contributed by atoms with Gasteiger partial charge in [-0.2, -0.15) is 0 Å². The fraction of sp³-hybridized carbons (Fsp3) is 0.0714. The largest absolute Gasteiger partial charge is 0.457 e. The van der Waals surface area contributed by atoms with Crippen LogP contribution in [0.2, 0.25) is 5.02 Å². The van der Waals surface area contributed by atoms with Crippen LogP contribution >= 0.6 is 27.5 Å². The van der Waals surface area contributed by atoms with E-state index in [1.54, 1.807) is 12.1 Å². The first-order valence-electron chi connectivity index (χ1n) is 5.63. The van der Waals surface area contributed by atoms with Gasteiger partial charge < -0.3 is 10.5 Å². The molecule has 0 saturated carbocycles. The van der Waals surface area contributed by atoms with Crippen LogP contribution in [0, 0.1) is 5.82 Å². The van der Waals surface area contributed by atoms with Crippen molar-refractivity contribution >= 4 is 39.2 Å². The summed E-state index contributed by atoms with van der Waals surface area (Å²) in [4.78, 5) is 11.9. The second-order valence-corrected chi connectivity index (χ2v) is 5.41. The molecule has 0 bridgehead atoms. The molecule has 20 heavy (non-hydrogen) atoms. The van der Waals surface area contributed by atoms with Gasteiger partial charge in [-0.15, -0.1) is 0 Å². The Bertz CT molecular complexity index is 643. The summed E-state index contributed by atoms with van der Waals surface area (Å²) in [5.41, 5.74) is 6.96. The Labute approximate surface area is 128 Å². The fourth-order valence-corrected chi connectivity index (χ4v) is 2.33. The molecule has 2 N–H and O–H groups in total. The smallest absolute Gasteiger partial charge is 0.338 e. The highest BCUT2D eigenvalue weighted by molar-refractivity contribution is 9.10. The van der Waals surface area contributed by atoms with Gasteiger partial charge in [0, 0.05) is 15.7 Å². The van der Waals surface area contributed by atoms with E-state index in [1.807, 2.05) is 0 Å². The van der Waals surface area contributed by atoms with Crippen LogP contribution in [-0.4, -0.2) is 5.97 Å². The number of anilines is 1. The van der Waals surface area contributed by atoms with Gasteiger partial charge in [-0.25, -0.2) is 9.18 Å². The number of nitrogen functional groups attached to an aromatic ring is 1. The average molecular weight is 359 g/mol. The van der Waals surface area contributed by atoms with Crippen LogP contribution in [0.1, 0.15) is 15.9 Å². The molecule has 104 valence electrons. The number of carbonyl (C=O) groups is 1. The molecule has 0 radical (unpaired) electrons. The van der Waals surface area contributed by atoms with Gasteiger partial charge in [0.2, 0.25) is 0 Å². The average Bonchev–Trinajstić information content (AvgIpc) is 2.36. The maximum atomic E-state index is 12.9. The van der Waals surface area contributed by atoms with Crippen molar-refractivity contribution in [1.29, 1.82) is 0 Å². The van der Waals surface area contributed by atoms with Crippen molar-refractivity contribution in [2.45, 2.75) is 6.61 Å². The van der Waals surface area contributed by atoms with Crippen LogP contribution in [-0.2, 0) is 11.3 Å². The summed E-state index contributed by atoms with van der Waals surface area (Å²) in [6.07, 6.45) is 0. The monoisotopic (exact) mass is 357 g/mol. The van der Waals surface area contributed by atoms with Crippen molar-refractivity contribution < 1.29 is 13.9 Å². The Morgan fingerprint density at radius 1 is 1.30 bits per heavy atom. The van der Waals surface area contributed by atoms with Gasteiger partial charge >= 0.3 is 5.97 Å². The summed E-state index contributed by atoms with van der Waals surface area (Å²) in [5.74, 6) is -0.969. The van der Waals surface area contributed by atoms with Gasteiger partial charge in [0.1, 0.15) is 12.4 Å². The van der Waals surface area contributed by atoms with Crippen molar-refractivity contribution in [3.8, 4) is 0 Å². The van der Waals surface area contributed by atoms with Crippen molar-refractivity contribution in [3.05, 3.63) is 62.8 Å². The summed E-state index contributed by atoms with van der Waals surface area (Å²) in [6.45, 7) is -0.0373. The number of hydrogen-bond acceptors (Lipinski definition) is 3. The molecule has 0 fully saturated rings. The molecule has 2 aromatic rings. The summed E-state index contributed by atoms with van der Waals surface area (Å²) in [5, 5.41) is 0.214. The van der Waals surface area contributed by atoms with Crippen LogP contribution < -0.4 is 5.73 Å². The summed E-state index contributed by atoms with van der Waals surface area (Å²) < 4.78 is 18.7. The highest BCUT2D eigenvalue weighted by atomic mass is 79.9. The van der Waals surface area contributed by atoms with Crippen LogP contribution in [0.15, 0.2) is 40.9 Å². The SMILES string of the molecule is Nc1cc(Br)cc(C(=O)OCc2ccc(F)cc2Cl)c1. The Kier molecular flexibility index (Phi) is 4.62. The summed E-state index contributed by atoms with van der Waals surface area (Å²) in [6, 6.07) is 8.69. The summed E-state index contributed by atoms with van der Waals surface area (Å²) >= 11 is 9.10. The zero-order valence-electron chi connectivity index (χ0n) is 10.2. The molecule has 0 heterocycles. The van der Waals surface area contributed by atoms with E-state index < -0.39 is 11.8 Å². The lowest BCUT2D eigenvalue weighted by molar-refractivity contribution is 0.0473.